The fourth-order valence-corrected chi connectivity index (χ4v) is 1.87. The number of nitrogens with zero attached hydrogens (tertiary/aromatic N) is 2. The number of nitriles is 1. The number of hydrogen-bond donors (Lipinski definition) is 1. The highest BCUT2D eigenvalue weighted by molar-refractivity contribution is 5.36. The van der Waals surface area contributed by atoms with Gasteiger partial charge < -0.3 is 9.84 Å². The van der Waals surface area contributed by atoms with Gasteiger partial charge >= 0.3 is 0 Å². The highest BCUT2D eigenvalue weighted by atomic mass is 16.5. The van der Waals surface area contributed by atoms with Gasteiger partial charge in [0, 0.05) is 45.1 Å². The zero-order valence-electron chi connectivity index (χ0n) is 12.5. The van der Waals surface area contributed by atoms with Crippen LogP contribution in [0.15, 0.2) is 24.3 Å². The maximum Gasteiger partial charge on any atom is 0.0635 e. The van der Waals surface area contributed by atoms with E-state index in [1.54, 1.807) is 7.11 Å². The maximum atomic E-state index is 8.70. The second-order valence-electron chi connectivity index (χ2n) is 4.65. The fourth-order valence-electron chi connectivity index (χ4n) is 1.87. The van der Waals surface area contributed by atoms with E-state index in [1.807, 2.05) is 12.1 Å². The molecule has 1 aromatic rings. The molecule has 0 saturated heterocycles. The topological polar surface area (TPSA) is 56.5 Å². The Balaban J connectivity index is 2.58. The number of hydrogen-bond acceptors (Lipinski definition) is 4. The monoisotopic (exact) mass is 286 g/mol. The van der Waals surface area contributed by atoms with E-state index in [-0.39, 0.29) is 6.61 Å². The Morgan fingerprint density at radius 2 is 1.95 bits per heavy atom. The van der Waals surface area contributed by atoms with Crippen molar-refractivity contribution in [3.63, 3.8) is 0 Å². The number of ether oxygens (including phenoxy) is 1. The molecule has 0 heterocycles. The lowest BCUT2D eigenvalue weighted by Crippen LogP contribution is -2.27. The second-order valence-corrected chi connectivity index (χ2v) is 4.65. The van der Waals surface area contributed by atoms with Crippen LogP contribution < -0.4 is 0 Å². The van der Waals surface area contributed by atoms with Crippen molar-refractivity contribution < 1.29 is 9.84 Å². The number of aliphatic hydroxyl groups is 1. The standard InChI is InChI=1S/C17H22N2O2/c1-21-14-12-19(11-4-10-18)15-17-8-6-16(7-9-17)5-2-3-13-20/h6-9,20H,3-4,11-15H2,1H3. The summed E-state index contributed by atoms with van der Waals surface area (Å²) in [7, 11) is 1.68. The number of rotatable bonds is 8. The molecule has 1 N–H and O–H groups in total. The zero-order chi connectivity index (χ0) is 15.3. The molecule has 0 spiro atoms. The molecule has 0 atom stereocenters. The molecule has 0 saturated carbocycles. The molecule has 1 rings (SSSR count). The van der Waals surface area contributed by atoms with Gasteiger partial charge in [-0.1, -0.05) is 24.0 Å². The van der Waals surface area contributed by atoms with Gasteiger partial charge in [0.1, 0.15) is 0 Å². The molecule has 112 valence electrons. The molecule has 0 aromatic heterocycles. The summed E-state index contributed by atoms with van der Waals surface area (Å²) >= 11 is 0. The lowest BCUT2D eigenvalue weighted by Gasteiger charge is -2.20. The number of aliphatic hydroxyl groups excluding tert-OH is 1. The smallest absolute Gasteiger partial charge is 0.0635 e. The third-order valence-electron chi connectivity index (χ3n) is 2.98. The van der Waals surface area contributed by atoms with Gasteiger partial charge in [0.2, 0.25) is 0 Å². The summed E-state index contributed by atoms with van der Waals surface area (Å²) in [5.41, 5.74) is 2.14. The lowest BCUT2D eigenvalue weighted by atomic mass is 10.1. The van der Waals surface area contributed by atoms with Gasteiger partial charge in [0.15, 0.2) is 0 Å². The highest BCUT2D eigenvalue weighted by Gasteiger charge is 2.05. The van der Waals surface area contributed by atoms with E-state index in [0.717, 1.165) is 25.2 Å². The Bertz CT molecular complexity index is 494. The molecule has 0 amide bonds. The summed E-state index contributed by atoms with van der Waals surface area (Å²) in [5.74, 6) is 5.91. The van der Waals surface area contributed by atoms with Crippen molar-refractivity contribution in [1.29, 1.82) is 5.26 Å². The Morgan fingerprint density at radius 1 is 1.19 bits per heavy atom. The van der Waals surface area contributed by atoms with E-state index < -0.39 is 0 Å². The average Bonchev–Trinajstić information content (AvgIpc) is 2.52. The third kappa shape index (κ3) is 7.48. The van der Waals surface area contributed by atoms with E-state index in [0.29, 0.717) is 19.4 Å². The molecular weight excluding hydrogens is 264 g/mol. The Hall–Kier alpha value is -1.85. The maximum absolute atomic E-state index is 8.70. The van der Waals surface area contributed by atoms with E-state index in [2.05, 4.69) is 34.9 Å². The molecule has 4 nitrogen and oxygen atoms in total. The summed E-state index contributed by atoms with van der Waals surface area (Å²) < 4.78 is 5.10. The summed E-state index contributed by atoms with van der Waals surface area (Å²) in [6.07, 6.45) is 1.02. The van der Waals surface area contributed by atoms with Crippen molar-refractivity contribution in [2.45, 2.75) is 19.4 Å². The first-order valence-corrected chi connectivity index (χ1v) is 7.07. The normalized spacial score (nSPS) is 10.0. The van der Waals surface area contributed by atoms with Crippen LogP contribution in [-0.2, 0) is 11.3 Å². The fraction of sp³-hybridized carbons (Fsp3) is 0.471. The van der Waals surface area contributed by atoms with Gasteiger partial charge in [-0.3, -0.25) is 4.90 Å². The van der Waals surface area contributed by atoms with Crippen LogP contribution in [-0.4, -0.2) is 43.4 Å². The lowest BCUT2D eigenvalue weighted by molar-refractivity contribution is 0.145. The van der Waals surface area contributed by atoms with Crippen LogP contribution in [0, 0.1) is 23.2 Å². The van der Waals surface area contributed by atoms with Crippen LogP contribution in [0.25, 0.3) is 0 Å². The predicted octanol–water partition coefficient (Wildman–Crippen LogP) is 1.78. The van der Waals surface area contributed by atoms with E-state index in [1.165, 1.54) is 5.56 Å². The highest BCUT2D eigenvalue weighted by Crippen LogP contribution is 2.07. The summed E-state index contributed by atoms with van der Waals surface area (Å²) in [5, 5.41) is 17.4. The molecular formula is C17H22N2O2. The van der Waals surface area contributed by atoms with Gasteiger partial charge in [-0.05, 0) is 17.7 Å². The number of benzene rings is 1. The van der Waals surface area contributed by atoms with Gasteiger partial charge in [-0.25, -0.2) is 0 Å². The summed E-state index contributed by atoms with van der Waals surface area (Å²) in [4.78, 5) is 2.21. The van der Waals surface area contributed by atoms with Crippen LogP contribution in [0.5, 0.6) is 0 Å². The molecule has 0 fully saturated rings. The first-order chi connectivity index (χ1) is 10.3. The van der Waals surface area contributed by atoms with E-state index in [9.17, 15) is 0 Å². The van der Waals surface area contributed by atoms with Crippen molar-refractivity contribution in [2.75, 3.05) is 33.4 Å². The zero-order valence-corrected chi connectivity index (χ0v) is 12.5. The van der Waals surface area contributed by atoms with E-state index >= 15 is 0 Å². The molecule has 1 aromatic carbocycles. The molecule has 21 heavy (non-hydrogen) atoms. The third-order valence-corrected chi connectivity index (χ3v) is 2.98. The largest absolute Gasteiger partial charge is 0.395 e. The van der Waals surface area contributed by atoms with Crippen molar-refractivity contribution in [1.82, 2.24) is 4.90 Å². The summed E-state index contributed by atoms with van der Waals surface area (Å²) in [6, 6.07) is 10.2. The van der Waals surface area contributed by atoms with Gasteiger partial charge in [0.05, 0.1) is 19.3 Å². The number of methoxy groups -OCH3 is 1. The molecule has 0 aliphatic rings. The molecule has 0 aliphatic heterocycles. The minimum Gasteiger partial charge on any atom is -0.395 e. The van der Waals surface area contributed by atoms with Crippen LogP contribution in [0.2, 0.25) is 0 Å². The van der Waals surface area contributed by atoms with Crippen molar-refractivity contribution >= 4 is 0 Å². The van der Waals surface area contributed by atoms with Crippen LogP contribution in [0.3, 0.4) is 0 Å². The molecule has 0 radical (unpaired) electrons. The Labute approximate surface area is 127 Å². The summed E-state index contributed by atoms with van der Waals surface area (Å²) in [6.45, 7) is 3.12. The van der Waals surface area contributed by atoms with Gasteiger partial charge in [0.25, 0.3) is 0 Å². The molecule has 4 heteroatoms. The van der Waals surface area contributed by atoms with Crippen LogP contribution >= 0.6 is 0 Å². The molecule has 0 aliphatic carbocycles. The minimum absolute atomic E-state index is 0.0957. The predicted molar refractivity (Wildman–Crippen MR) is 82.4 cm³/mol. The van der Waals surface area contributed by atoms with Crippen LogP contribution in [0.4, 0.5) is 0 Å². The quantitative estimate of drug-likeness (QED) is 0.740. The minimum atomic E-state index is 0.0957. The van der Waals surface area contributed by atoms with Crippen molar-refractivity contribution in [3.05, 3.63) is 35.4 Å². The van der Waals surface area contributed by atoms with Gasteiger partial charge in [-0.15, -0.1) is 0 Å². The van der Waals surface area contributed by atoms with E-state index in [4.69, 9.17) is 15.1 Å². The molecule has 0 unspecified atom stereocenters. The Kier molecular flexibility index (Phi) is 8.91. The first kappa shape index (κ1) is 17.2. The molecule has 0 bridgehead atoms. The van der Waals surface area contributed by atoms with Crippen LogP contribution in [0.1, 0.15) is 24.0 Å². The second kappa shape index (κ2) is 10.9. The first-order valence-electron chi connectivity index (χ1n) is 7.07. The van der Waals surface area contributed by atoms with Gasteiger partial charge in [-0.2, -0.15) is 5.26 Å². The average molecular weight is 286 g/mol. The SMILES string of the molecule is COCCN(CCC#N)Cc1ccc(C#CCCO)cc1. The van der Waals surface area contributed by atoms with Crippen molar-refractivity contribution in [2.24, 2.45) is 0 Å². The Morgan fingerprint density at radius 3 is 2.57 bits per heavy atom. The van der Waals surface area contributed by atoms with Crippen molar-refractivity contribution in [3.8, 4) is 17.9 Å².